The van der Waals surface area contributed by atoms with Crippen molar-refractivity contribution in [1.82, 2.24) is 19.5 Å². The molecule has 2 saturated heterocycles. The van der Waals surface area contributed by atoms with Gasteiger partial charge in [-0.3, -0.25) is 14.6 Å². The van der Waals surface area contributed by atoms with Crippen molar-refractivity contribution in [3.05, 3.63) is 60.1 Å². The van der Waals surface area contributed by atoms with E-state index in [0.717, 1.165) is 0 Å². The lowest BCUT2D eigenvalue weighted by Crippen LogP contribution is -2.63. The van der Waals surface area contributed by atoms with Crippen molar-refractivity contribution >= 4 is 29.1 Å². The number of allylic oxidation sites excluding steroid dienone is 1. The molecule has 2 aliphatic heterocycles. The van der Waals surface area contributed by atoms with Gasteiger partial charge in [0, 0.05) is 61.7 Å². The highest BCUT2D eigenvalue weighted by Gasteiger charge is 2.46. The lowest BCUT2D eigenvalue weighted by Gasteiger charge is -2.47. The second-order valence-corrected chi connectivity index (χ2v) is 10.9. The second kappa shape index (κ2) is 12.3. The Kier molecular flexibility index (Phi) is 8.59. The topological polar surface area (TPSA) is 139 Å². The van der Waals surface area contributed by atoms with Crippen molar-refractivity contribution in [3.8, 4) is 17.3 Å². The van der Waals surface area contributed by atoms with Gasteiger partial charge in [-0.1, -0.05) is 18.2 Å². The highest BCUT2D eigenvalue weighted by molar-refractivity contribution is 6.10. The van der Waals surface area contributed by atoms with E-state index in [-0.39, 0.29) is 24.7 Å². The zero-order chi connectivity index (χ0) is 30.6. The molecule has 1 amide bonds. The number of ether oxygens (including phenoxy) is 1. The molecule has 0 bridgehead atoms. The Balaban J connectivity index is 1.29. The molecule has 10 nitrogen and oxygen atoms in total. The van der Waals surface area contributed by atoms with Crippen molar-refractivity contribution in [1.29, 1.82) is 5.26 Å². The summed E-state index contributed by atoms with van der Waals surface area (Å²) in [5, 5.41) is 13.9. The summed E-state index contributed by atoms with van der Waals surface area (Å²) in [6, 6.07) is 10.9. The zero-order valence-electron chi connectivity index (χ0n) is 23.3. The number of carbonyl (C=O) groups excluding carboxylic acids is 2. The molecule has 0 saturated carbocycles. The highest BCUT2D eigenvalue weighted by atomic mass is 19.4. The van der Waals surface area contributed by atoms with E-state index in [0.29, 0.717) is 66.3 Å². The molecule has 2 N–H and O–H groups in total. The van der Waals surface area contributed by atoms with E-state index in [1.54, 1.807) is 52.3 Å². The van der Waals surface area contributed by atoms with Crippen LogP contribution in [0, 0.1) is 17.2 Å². The van der Waals surface area contributed by atoms with E-state index in [1.165, 1.54) is 6.20 Å². The molecule has 43 heavy (non-hydrogen) atoms. The summed E-state index contributed by atoms with van der Waals surface area (Å²) in [5.74, 6) is -0.604. The first-order chi connectivity index (χ1) is 20.6. The summed E-state index contributed by atoms with van der Waals surface area (Å²) in [4.78, 5) is 35.6. The minimum absolute atomic E-state index is 0.0270. The SMILES string of the molecule is N#CCC1(N=CC(=CN)c2cnn3c(-c4cccc(CC(=O)CCC(F)(F)F)c4)cnc3c2)CN(C(=O)C2CCOC2)C1. The van der Waals surface area contributed by atoms with Crippen molar-refractivity contribution in [3.63, 3.8) is 0 Å². The van der Waals surface area contributed by atoms with Crippen LogP contribution in [0.3, 0.4) is 0 Å². The maximum absolute atomic E-state index is 12.7. The third-order valence-electron chi connectivity index (χ3n) is 7.63. The van der Waals surface area contributed by atoms with Crippen LogP contribution >= 0.6 is 0 Å². The maximum atomic E-state index is 12.7. The number of hydrogen-bond acceptors (Lipinski definition) is 8. The molecule has 224 valence electrons. The number of aromatic nitrogens is 3. The van der Waals surface area contributed by atoms with E-state index in [4.69, 9.17) is 10.5 Å². The van der Waals surface area contributed by atoms with Gasteiger partial charge in [-0.2, -0.15) is 23.5 Å². The van der Waals surface area contributed by atoms with Gasteiger partial charge in [-0.25, -0.2) is 9.50 Å². The van der Waals surface area contributed by atoms with E-state index < -0.39 is 30.3 Å². The van der Waals surface area contributed by atoms with E-state index in [1.807, 2.05) is 6.07 Å². The van der Waals surface area contributed by atoms with Crippen LogP contribution in [0.5, 0.6) is 0 Å². The number of ketones is 1. The maximum Gasteiger partial charge on any atom is 0.389 e. The van der Waals surface area contributed by atoms with Crippen LogP contribution in [0.15, 0.2) is 53.9 Å². The second-order valence-electron chi connectivity index (χ2n) is 10.9. The number of Topliss-reactive ketones (excluding diaryl/α,β-unsaturated/α-hetero) is 1. The van der Waals surface area contributed by atoms with Crippen LogP contribution in [0.4, 0.5) is 13.2 Å². The van der Waals surface area contributed by atoms with Crippen LogP contribution in [0.25, 0.3) is 22.5 Å². The van der Waals surface area contributed by atoms with Gasteiger partial charge in [0.2, 0.25) is 5.91 Å². The summed E-state index contributed by atoms with van der Waals surface area (Å²) < 4.78 is 44.4. The quantitative estimate of drug-likeness (QED) is 0.353. The predicted octanol–water partition coefficient (Wildman–Crippen LogP) is 3.75. The van der Waals surface area contributed by atoms with Gasteiger partial charge in [0.25, 0.3) is 0 Å². The smallest absolute Gasteiger partial charge is 0.389 e. The van der Waals surface area contributed by atoms with Gasteiger partial charge in [0.15, 0.2) is 5.65 Å². The summed E-state index contributed by atoms with van der Waals surface area (Å²) >= 11 is 0. The first-order valence-corrected chi connectivity index (χ1v) is 13.8. The number of alkyl halides is 3. The molecule has 2 fully saturated rings. The lowest BCUT2D eigenvalue weighted by atomic mass is 9.86. The Hall–Kier alpha value is -4.57. The number of benzene rings is 1. The number of amides is 1. The van der Waals surface area contributed by atoms with Gasteiger partial charge in [0.1, 0.15) is 11.3 Å². The fourth-order valence-electron chi connectivity index (χ4n) is 5.28. The van der Waals surface area contributed by atoms with E-state index >= 15 is 0 Å². The largest absolute Gasteiger partial charge is 0.404 e. The number of likely N-dealkylation sites (tertiary alicyclic amines) is 1. The molecule has 2 aromatic heterocycles. The third kappa shape index (κ3) is 6.91. The van der Waals surface area contributed by atoms with Crippen molar-refractivity contribution in [2.75, 3.05) is 26.3 Å². The Bertz CT molecular complexity index is 1610. The Labute approximate surface area is 245 Å². The molecule has 4 heterocycles. The number of hydrogen-bond donors (Lipinski definition) is 1. The monoisotopic (exact) mass is 593 g/mol. The first kappa shape index (κ1) is 29.9. The molecule has 0 spiro atoms. The van der Waals surface area contributed by atoms with Gasteiger partial charge in [0.05, 0.1) is 49.5 Å². The molecule has 1 atom stereocenters. The normalized spacial score (nSPS) is 18.6. The number of aliphatic imine (C=N–C) groups is 1. The van der Waals surface area contributed by atoms with Gasteiger partial charge in [-0.05, 0) is 24.1 Å². The first-order valence-electron chi connectivity index (χ1n) is 13.8. The molecule has 0 radical (unpaired) electrons. The fourth-order valence-corrected chi connectivity index (χ4v) is 5.28. The molecule has 1 unspecified atom stereocenters. The molecule has 1 aromatic carbocycles. The van der Waals surface area contributed by atoms with Crippen LogP contribution in [0.1, 0.15) is 36.8 Å². The van der Waals surface area contributed by atoms with Crippen LogP contribution in [-0.2, 0) is 20.7 Å². The van der Waals surface area contributed by atoms with Crippen LogP contribution in [-0.4, -0.2) is 75.4 Å². The highest BCUT2D eigenvalue weighted by Crippen LogP contribution is 2.32. The minimum Gasteiger partial charge on any atom is -0.404 e. The van der Waals surface area contributed by atoms with Gasteiger partial charge in [-0.15, -0.1) is 0 Å². The number of nitrogens with two attached hydrogens (primary N) is 1. The standard InChI is InChI=1S/C30H30F3N7O3/c31-30(32,33)6-4-25(41)11-20-2-1-3-21(10-20)26-16-36-27-12-23(15-38-40(26)27)24(13-35)14-37-29(7-8-34)18-39(19-29)28(42)22-5-9-43-17-22/h1-3,10,12-16,22H,4-7,9,11,17-19,35H2. The summed E-state index contributed by atoms with van der Waals surface area (Å²) in [7, 11) is 0. The number of rotatable bonds is 10. The van der Waals surface area contributed by atoms with Crippen molar-refractivity contribution in [2.45, 2.75) is 43.8 Å². The lowest BCUT2D eigenvalue weighted by molar-refractivity contribution is -0.143. The molecule has 13 heteroatoms. The Morgan fingerprint density at radius 3 is 2.77 bits per heavy atom. The Morgan fingerprint density at radius 2 is 2.07 bits per heavy atom. The molecular formula is C30H30F3N7O3. The number of carbonyl (C=O) groups is 2. The summed E-state index contributed by atoms with van der Waals surface area (Å²) in [6.07, 6.45) is 0.884. The average molecular weight is 594 g/mol. The van der Waals surface area contributed by atoms with E-state index in [9.17, 15) is 28.0 Å². The number of nitrogens with zero attached hydrogens (tertiary/aromatic N) is 6. The zero-order valence-corrected chi connectivity index (χ0v) is 23.3. The number of fused-ring (bicyclic) bond motifs is 1. The third-order valence-corrected chi connectivity index (χ3v) is 7.63. The van der Waals surface area contributed by atoms with Gasteiger partial charge < -0.3 is 15.4 Å². The molecule has 3 aromatic rings. The van der Waals surface area contributed by atoms with E-state index in [2.05, 4.69) is 21.1 Å². The Morgan fingerprint density at radius 1 is 1.26 bits per heavy atom. The number of nitriles is 1. The fraction of sp³-hybridized carbons (Fsp3) is 0.400. The molecule has 2 aliphatic rings. The summed E-state index contributed by atoms with van der Waals surface area (Å²) in [5.41, 5.74) is 8.87. The van der Waals surface area contributed by atoms with Crippen molar-refractivity contribution < 1.29 is 27.5 Å². The van der Waals surface area contributed by atoms with Crippen molar-refractivity contribution in [2.24, 2.45) is 16.6 Å². The van der Waals surface area contributed by atoms with Crippen LogP contribution in [0.2, 0.25) is 0 Å². The predicted molar refractivity (Wildman–Crippen MR) is 152 cm³/mol. The van der Waals surface area contributed by atoms with Crippen LogP contribution < -0.4 is 5.73 Å². The summed E-state index contributed by atoms with van der Waals surface area (Å²) in [6.45, 7) is 1.69. The number of imidazole rings is 1. The number of halogens is 3. The average Bonchev–Trinajstić information content (AvgIpc) is 3.65. The molecular weight excluding hydrogens is 563 g/mol. The molecule has 0 aliphatic carbocycles. The molecule has 5 rings (SSSR count). The van der Waals surface area contributed by atoms with Gasteiger partial charge >= 0.3 is 6.18 Å². The minimum atomic E-state index is -4.37.